The lowest BCUT2D eigenvalue weighted by atomic mass is 10.2. The number of rotatable bonds is 8. The molecule has 1 aromatic heterocycles. The highest BCUT2D eigenvalue weighted by molar-refractivity contribution is 7.92. The van der Waals surface area contributed by atoms with E-state index in [1.807, 2.05) is 19.9 Å². The molecular weight excluding hydrogens is 515 g/mol. The summed E-state index contributed by atoms with van der Waals surface area (Å²) >= 11 is 6.09. The quantitative estimate of drug-likeness (QED) is 0.246. The first kappa shape index (κ1) is 26.1. The minimum atomic E-state index is -4.06. The summed E-state index contributed by atoms with van der Waals surface area (Å²) in [5.41, 5.74) is 5.22. The summed E-state index contributed by atoms with van der Waals surface area (Å²) in [6.07, 6.45) is 1.44. The van der Waals surface area contributed by atoms with Crippen molar-refractivity contribution in [3.63, 3.8) is 0 Å². The van der Waals surface area contributed by atoms with Gasteiger partial charge in [0.05, 0.1) is 22.5 Å². The van der Waals surface area contributed by atoms with Gasteiger partial charge in [-0.2, -0.15) is 5.10 Å². The molecular formula is C27H24ClFN4O3S. The third-order valence-corrected chi connectivity index (χ3v) is 7.69. The van der Waals surface area contributed by atoms with E-state index >= 15 is 0 Å². The summed E-state index contributed by atoms with van der Waals surface area (Å²) < 4.78 is 43.8. The van der Waals surface area contributed by atoms with Gasteiger partial charge in [-0.25, -0.2) is 18.2 Å². The number of hydrazone groups is 1. The van der Waals surface area contributed by atoms with Gasteiger partial charge in [0.15, 0.2) is 0 Å². The third kappa shape index (κ3) is 5.73. The summed E-state index contributed by atoms with van der Waals surface area (Å²) in [4.78, 5) is 12.8. The smallest absolute Gasteiger partial charge is 0.264 e. The molecule has 10 heteroatoms. The number of hydrogen-bond donors (Lipinski definition) is 1. The lowest BCUT2D eigenvalue weighted by molar-refractivity contribution is -0.119. The first-order chi connectivity index (χ1) is 17.7. The van der Waals surface area contributed by atoms with Gasteiger partial charge in [0, 0.05) is 22.0 Å². The summed E-state index contributed by atoms with van der Waals surface area (Å²) in [5.74, 6) is -1.01. The van der Waals surface area contributed by atoms with Crippen LogP contribution in [0, 0.1) is 19.7 Å². The minimum Gasteiger partial charge on any atom is -0.315 e. The Kier molecular flexibility index (Phi) is 7.75. The van der Waals surface area contributed by atoms with Gasteiger partial charge in [-0.05, 0) is 62.4 Å². The lowest BCUT2D eigenvalue weighted by Gasteiger charge is -2.23. The van der Waals surface area contributed by atoms with Crippen molar-refractivity contribution >= 4 is 39.4 Å². The zero-order valence-electron chi connectivity index (χ0n) is 20.1. The molecule has 1 N–H and O–H groups in total. The predicted octanol–water partition coefficient (Wildman–Crippen LogP) is 5.23. The largest absolute Gasteiger partial charge is 0.315 e. The second-order valence-corrected chi connectivity index (χ2v) is 10.5. The maximum atomic E-state index is 14.3. The van der Waals surface area contributed by atoms with Crippen molar-refractivity contribution in [3.8, 4) is 5.69 Å². The molecule has 0 aliphatic rings. The Morgan fingerprint density at radius 3 is 2.43 bits per heavy atom. The van der Waals surface area contributed by atoms with Crippen LogP contribution in [0.5, 0.6) is 0 Å². The second kappa shape index (κ2) is 11.0. The Balaban J connectivity index is 1.55. The van der Waals surface area contributed by atoms with Gasteiger partial charge in [0.1, 0.15) is 12.4 Å². The highest BCUT2D eigenvalue weighted by atomic mass is 35.5. The normalized spacial score (nSPS) is 11.6. The number of nitrogens with zero attached hydrogens (tertiary/aromatic N) is 3. The third-order valence-electron chi connectivity index (χ3n) is 5.67. The number of hydrogen-bond acceptors (Lipinski definition) is 4. The highest BCUT2D eigenvalue weighted by Gasteiger charge is 2.27. The molecule has 0 aliphatic carbocycles. The van der Waals surface area contributed by atoms with Crippen molar-refractivity contribution in [1.82, 2.24) is 9.99 Å². The molecule has 4 aromatic rings. The fourth-order valence-electron chi connectivity index (χ4n) is 3.93. The van der Waals surface area contributed by atoms with Crippen molar-refractivity contribution in [2.24, 2.45) is 5.10 Å². The monoisotopic (exact) mass is 538 g/mol. The van der Waals surface area contributed by atoms with Crippen LogP contribution in [0.15, 0.2) is 94.9 Å². The number of sulfonamides is 1. The maximum Gasteiger partial charge on any atom is 0.264 e. The number of anilines is 1. The lowest BCUT2D eigenvalue weighted by Crippen LogP contribution is -2.39. The molecule has 0 unspecified atom stereocenters. The van der Waals surface area contributed by atoms with Crippen molar-refractivity contribution in [2.45, 2.75) is 18.7 Å². The standard InChI is InChI=1S/C27H24ClFN4O3S/c1-19-15-21(20(2)33(19)26-14-7-6-13-25(26)29)17-30-31-27(34)18-32(23-10-8-9-22(28)16-23)37(35,36)24-11-4-3-5-12-24/h3-17H,18H2,1-2H3,(H,31,34)/b30-17-. The number of carbonyl (C=O) groups excluding carboxylic acids is 1. The van der Waals surface area contributed by atoms with E-state index in [2.05, 4.69) is 10.5 Å². The molecule has 0 saturated carbocycles. The number of aryl methyl sites for hydroxylation is 1. The number of nitrogens with one attached hydrogen (secondary N) is 1. The van der Waals surface area contributed by atoms with Gasteiger partial charge < -0.3 is 4.57 Å². The van der Waals surface area contributed by atoms with E-state index in [1.165, 1.54) is 30.5 Å². The number of amides is 1. The van der Waals surface area contributed by atoms with Crippen LogP contribution >= 0.6 is 11.6 Å². The second-order valence-electron chi connectivity index (χ2n) is 8.21. The molecule has 4 rings (SSSR count). The molecule has 0 bridgehead atoms. The zero-order chi connectivity index (χ0) is 26.6. The number of halogens is 2. The van der Waals surface area contributed by atoms with Gasteiger partial charge in [0.2, 0.25) is 0 Å². The van der Waals surface area contributed by atoms with Gasteiger partial charge in [-0.15, -0.1) is 0 Å². The molecule has 0 radical (unpaired) electrons. The number of carbonyl (C=O) groups is 1. The predicted molar refractivity (Wildman–Crippen MR) is 143 cm³/mol. The van der Waals surface area contributed by atoms with Crippen LogP contribution in [-0.4, -0.2) is 31.7 Å². The van der Waals surface area contributed by atoms with Crippen LogP contribution in [-0.2, 0) is 14.8 Å². The van der Waals surface area contributed by atoms with Gasteiger partial charge in [0.25, 0.3) is 15.9 Å². The molecule has 190 valence electrons. The van der Waals surface area contributed by atoms with Crippen LogP contribution in [0.2, 0.25) is 5.02 Å². The Labute approximate surface area is 219 Å². The van der Waals surface area contributed by atoms with Crippen LogP contribution in [0.25, 0.3) is 5.69 Å². The van der Waals surface area contributed by atoms with E-state index in [-0.39, 0.29) is 16.4 Å². The maximum absolute atomic E-state index is 14.3. The fourth-order valence-corrected chi connectivity index (χ4v) is 5.55. The summed E-state index contributed by atoms with van der Waals surface area (Å²) in [6.45, 7) is 3.13. The van der Waals surface area contributed by atoms with E-state index in [0.717, 1.165) is 15.7 Å². The van der Waals surface area contributed by atoms with Crippen molar-refractivity contribution in [1.29, 1.82) is 0 Å². The first-order valence-electron chi connectivity index (χ1n) is 11.3. The average molecular weight is 539 g/mol. The molecule has 0 spiro atoms. The van der Waals surface area contributed by atoms with E-state index in [4.69, 9.17) is 11.6 Å². The zero-order valence-corrected chi connectivity index (χ0v) is 21.7. The van der Waals surface area contributed by atoms with Gasteiger partial charge >= 0.3 is 0 Å². The fraction of sp³-hybridized carbons (Fsp3) is 0.111. The van der Waals surface area contributed by atoms with Crippen LogP contribution < -0.4 is 9.73 Å². The van der Waals surface area contributed by atoms with E-state index in [0.29, 0.717) is 16.3 Å². The number of aromatic nitrogens is 1. The Hall–Kier alpha value is -3.95. The molecule has 37 heavy (non-hydrogen) atoms. The van der Waals surface area contributed by atoms with Gasteiger partial charge in [-0.3, -0.25) is 9.10 Å². The Morgan fingerprint density at radius 1 is 1.03 bits per heavy atom. The Bertz CT molecular complexity index is 1570. The summed E-state index contributed by atoms with van der Waals surface area (Å²) in [5, 5.41) is 4.34. The molecule has 1 heterocycles. The molecule has 0 saturated heterocycles. The van der Waals surface area contributed by atoms with Crippen molar-refractivity contribution in [3.05, 3.63) is 113 Å². The topological polar surface area (TPSA) is 83.8 Å². The summed E-state index contributed by atoms with van der Waals surface area (Å²) in [7, 11) is -4.06. The van der Waals surface area contributed by atoms with Crippen LogP contribution in [0.3, 0.4) is 0 Å². The highest BCUT2D eigenvalue weighted by Crippen LogP contribution is 2.26. The van der Waals surface area contributed by atoms with Crippen molar-refractivity contribution in [2.75, 3.05) is 10.8 Å². The minimum absolute atomic E-state index is 0.0341. The molecule has 0 fully saturated rings. The SMILES string of the molecule is Cc1cc(/C=N\NC(=O)CN(c2cccc(Cl)c2)S(=O)(=O)c2ccccc2)c(C)n1-c1ccccc1F. The van der Waals surface area contributed by atoms with Crippen molar-refractivity contribution < 1.29 is 17.6 Å². The molecule has 7 nitrogen and oxygen atoms in total. The number of benzene rings is 3. The Morgan fingerprint density at radius 2 is 1.73 bits per heavy atom. The van der Waals surface area contributed by atoms with Crippen LogP contribution in [0.4, 0.5) is 10.1 Å². The summed E-state index contributed by atoms with van der Waals surface area (Å²) in [6, 6.07) is 22.3. The molecule has 3 aromatic carbocycles. The number of para-hydroxylation sites is 1. The van der Waals surface area contributed by atoms with E-state index < -0.39 is 22.5 Å². The van der Waals surface area contributed by atoms with E-state index in [1.54, 1.807) is 59.2 Å². The van der Waals surface area contributed by atoms with Crippen LogP contribution in [0.1, 0.15) is 17.0 Å². The van der Waals surface area contributed by atoms with Gasteiger partial charge in [-0.1, -0.05) is 48.0 Å². The molecule has 0 aliphatic heterocycles. The molecule has 0 atom stereocenters. The van der Waals surface area contributed by atoms with E-state index in [9.17, 15) is 17.6 Å². The first-order valence-corrected chi connectivity index (χ1v) is 13.1. The average Bonchev–Trinajstić information content (AvgIpc) is 3.16. The molecule has 1 amide bonds.